The zero-order valence-corrected chi connectivity index (χ0v) is 12.0. The van der Waals surface area contributed by atoms with E-state index in [4.69, 9.17) is 16.0 Å². The molecule has 0 bridgehead atoms. The van der Waals surface area contributed by atoms with Crippen molar-refractivity contribution in [2.24, 2.45) is 0 Å². The maximum atomic E-state index is 11.9. The Morgan fingerprint density at radius 1 is 1.35 bits per heavy atom. The van der Waals surface area contributed by atoms with Gasteiger partial charge < -0.3 is 15.1 Å². The summed E-state index contributed by atoms with van der Waals surface area (Å²) in [7, 11) is 0. The third-order valence-corrected chi connectivity index (χ3v) is 3.04. The average molecular weight is 293 g/mol. The van der Waals surface area contributed by atoms with Gasteiger partial charge >= 0.3 is 0 Å². The molecule has 20 heavy (non-hydrogen) atoms. The predicted octanol–water partition coefficient (Wildman–Crippen LogP) is 3.44. The Hall–Kier alpha value is -1.78. The van der Waals surface area contributed by atoms with Crippen molar-refractivity contribution in [1.29, 1.82) is 0 Å². The number of hydrogen-bond acceptors (Lipinski definition) is 3. The van der Waals surface area contributed by atoms with Crippen molar-refractivity contribution in [2.45, 2.75) is 25.9 Å². The van der Waals surface area contributed by atoms with Crippen molar-refractivity contribution in [3.05, 3.63) is 53.4 Å². The summed E-state index contributed by atoms with van der Waals surface area (Å²) in [5, 5.41) is 6.66. The van der Waals surface area contributed by atoms with Crippen LogP contribution in [-0.2, 0) is 11.3 Å². The first kappa shape index (κ1) is 14.6. The van der Waals surface area contributed by atoms with Crippen molar-refractivity contribution in [2.75, 3.05) is 5.32 Å². The van der Waals surface area contributed by atoms with Crippen LogP contribution in [0.15, 0.2) is 47.1 Å². The standard InChI is InChI=1S/C15H17ClN2O2/c1-11(17-10-14-6-3-7-20-14)8-15(19)18-13-5-2-4-12(16)9-13/h2-7,9,11,17H,8,10H2,1H3,(H,18,19). The van der Waals surface area contributed by atoms with Crippen LogP contribution in [0, 0.1) is 0 Å². The van der Waals surface area contributed by atoms with E-state index in [1.807, 2.05) is 25.1 Å². The maximum absolute atomic E-state index is 11.9. The first-order valence-corrected chi connectivity index (χ1v) is 6.82. The fourth-order valence-electron chi connectivity index (χ4n) is 1.82. The largest absolute Gasteiger partial charge is 0.468 e. The Morgan fingerprint density at radius 2 is 2.20 bits per heavy atom. The van der Waals surface area contributed by atoms with Crippen molar-refractivity contribution >= 4 is 23.2 Å². The molecule has 0 saturated heterocycles. The molecule has 1 atom stereocenters. The molecule has 106 valence electrons. The fourth-order valence-corrected chi connectivity index (χ4v) is 2.01. The number of hydrogen-bond donors (Lipinski definition) is 2. The van der Waals surface area contributed by atoms with E-state index in [1.54, 1.807) is 24.5 Å². The molecule has 0 radical (unpaired) electrons. The smallest absolute Gasteiger partial charge is 0.225 e. The number of halogens is 1. The van der Waals surface area contributed by atoms with Gasteiger partial charge in [0.2, 0.25) is 5.91 Å². The second-order valence-corrected chi connectivity index (χ2v) is 5.06. The topological polar surface area (TPSA) is 54.3 Å². The van der Waals surface area contributed by atoms with Gasteiger partial charge in [-0.15, -0.1) is 0 Å². The highest BCUT2D eigenvalue weighted by Gasteiger charge is 2.09. The van der Waals surface area contributed by atoms with Gasteiger partial charge in [-0.25, -0.2) is 0 Å². The minimum Gasteiger partial charge on any atom is -0.468 e. The summed E-state index contributed by atoms with van der Waals surface area (Å²) < 4.78 is 5.22. The van der Waals surface area contributed by atoms with E-state index in [9.17, 15) is 4.79 Å². The normalized spacial score (nSPS) is 12.1. The van der Waals surface area contributed by atoms with E-state index in [0.29, 0.717) is 23.7 Å². The summed E-state index contributed by atoms with van der Waals surface area (Å²) in [6.45, 7) is 2.57. The van der Waals surface area contributed by atoms with E-state index < -0.39 is 0 Å². The molecular formula is C15H17ClN2O2. The highest BCUT2D eigenvalue weighted by Crippen LogP contribution is 2.15. The second kappa shape index (κ2) is 7.12. The summed E-state index contributed by atoms with van der Waals surface area (Å²) >= 11 is 5.87. The zero-order valence-electron chi connectivity index (χ0n) is 11.2. The molecule has 0 spiro atoms. The lowest BCUT2D eigenvalue weighted by molar-refractivity contribution is -0.116. The highest BCUT2D eigenvalue weighted by molar-refractivity contribution is 6.30. The van der Waals surface area contributed by atoms with Gasteiger partial charge in [-0.1, -0.05) is 17.7 Å². The number of rotatable bonds is 6. The van der Waals surface area contributed by atoms with Gasteiger partial charge in [0, 0.05) is 23.2 Å². The third-order valence-electron chi connectivity index (χ3n) is 2.80. The molecule has 1 aromatic heterocycles. The van der Waals surface area contributed by atoms with Gasteiger partial charge in [0.1, 0.15) is 5.76 Å². The van der Waals surface area contributed by atoms with Crippen molar-refractivity contribution in [3.63, 3.8) is 0 Å². The van der Waals surface area contributed by atoms with Gasteiger partial charge in [0.15, 0.2) is 0 Å². The lowest BCUT2D eigenvalue weighted by Crippen LogP contribution is -2.30. The Balaban J connectivity index is 1.76. The Labute approximate surface area is 123 Å². The molecule has 0 aliphatic heterocycles. The highest BCUT2D eigenvalue weighted by atomic mass is 35.5. The molecule has 0 fully saturated rings. The molecular weight excluding hydrogens is 276 g/mol. The van der Waals surface area contributed by atoms with Gasteiger partial charge in [-0.3, -0.25) is 4.79 Å². The van der Waals surface area contributed by atoms with Gasteiger partial charge in [0.25, 0.3) is 0 Å². The molecule has 4 nitrogen and oxygen atoms in total. The molecule has 1 aromatic carbocycles. The Morgan fingerprint density at radius 3 is 2.90 bits per heavy atom. The number of furan rings is 1. The molecule has 0 saturated carbocycles. The van der Waals surface area contributed by atoms with E-state index in [-0.39, 0.29) is 11.9 Å². The minimum atomic E-state index is -0.0493. The van der Waals surface area contributed by atoms with Gasteiger partial charge in [-0.2, -0.15) is 0 Å². The van der Waals surface area contributed by atoms with Crippen LogP contribution in [0.2, 0.25) is 5.02 Å². The average Bonchev–Trinajstić information content (AvgIpc) is 2.89. The van der Waals surface area contributed by atoms with Crippen molar-refractivity contribution in [1.82, 2.24) is 5.32 Å². The molecule has 1 amide bonds. The minimum absolute atomic E-state index is 0.0493. The first-order chi connectivity index (χ1) is 9.63. The first-order valence-electron chi connectivity index (χ1n) is 6.44. The zero-order chi connectivity index (χ0) is 14.4. The number of nitrogens with one attached hydrogen (secondary N) is 2. The van der Waals surface area contributed by atoms with Crippen LogP contribution < -0.4 is 10.6 Å². The number of carbonyl (C=O) groups excluding carboxylic acids is 1. The Bertz CT molecular complexity index is 555. The summed E-state index contributed by atoms with van der Waals surface area (Å²) in [4.78, 5) is 11.9. The summed E-state index contributed by atoms with van der Waals surface area (Å²) in [6, 6.07) is 10.9. The number of amides is 1. The molecule has 1 unspecified atom stereocenters. The maximum Gasteiger partial charge on any atom is 0.225 e. The van der Waals surface area contributed by atoms with E-state index in [0.717, 1.165) is 5.76 Å². The van der Waals surface area contributed by atoms with E-state index >= 15 is 0 Å². The lowest BCUT2D eigenvalue weighted by Gasteiger charge is -2.13. The molecule has 5 heteroatoms. The molecule has 2 N–H and O–H groups in total. The Kier molecular flexibility index (Phi) is 5.21. The van der Waals surface area contributed by atoms with E-state index in [2.05, 4.69) is 10.6 Å². The van der Waals surface area contributed by atoms with Crippen molar-refractivity contribution < 1.29 is 9.21 Å². The fraction of sp³-hybridized carbons (Fsp3) is 0.267. The molecule has 0 aliphatic rings. The SMILES string of the molecule is CC(CC(=O)Nc1cccc(Cl)c1)NCc1ccco1. The van der Waals surface area contributed by atoms with Crippen LogP contribution >= 0.6 is 11.6 Å². The molecule has 2 aromatic rings. The number of benzene rings is 1. The quantitative estimate of drug-likeness (QED) is 0.857. The van der Waals surface area contributed by atoms with Crippen LogP contribution in [0.25, 0.3) is 0 Å². The molecule has 1 heterocycles. The van der Waals surface area contributed by atoms with Crippen molar-refractivity contribution in [3.8, 4) is 0 Å². The van der Waals surface area contributed by atoms with E-state index in [1.165, 1.54) is 0 Å². The van der Waals surface area contributed by atoms with Crippen LogP contribution in [0.3, 0.4) is 0 Å². The van der Waals surface area contributed by atoms with Crippen LogP contribution in [0.1, 0.15) is 19.1 Å². The third kappa shape index (κ3) is 4.72. The molecule has 0 aliphatic carbocycles. The molecule has 2 rings (SSSR count). The monoisotopic (exact) mass is 292 g/mol. The number of anilines is 1. The van der Waals surface area contributed by atoms with Crippen LogP contribution in [-0.4, -0.2) is 11.9 Å². The predicted molar refractivity (Wildman–Crippen MR) is 79.7 cm³/mol. The van der Waals surface area contributed by atoms with Crippen LogP contribution in [0.5, 0.6) is 0 Å². The second-order valence-electron chi connectivity index (χ2n) is 4.62. The summed E-state index contributed by atoms with van der Waals surface area (Å²) in [5.41, 5.74) is 0.709. The van der Waals surface area contributed by atoms with Gasteiger partial charge in [0.05, 0.1) is 12.8 Å². The lowest BCUT2D eigenvalue weighted by atomic mass is 10.2. The number of carbonyl (C=O) groups is 1. The summed E-state index contributed by atoms with van der Waals surface area (Å²) in [6.07, 6.45) is 2.01. The summed E-state index contributed by atoms with van der Waals surface area (Å²) in [5.74, 6) is 0.804. The van der Waals surface area contributed by atoms with Gasteiger partial charge in [-0.05, 0) is 37.3 Å². The van der Waals surface area contributed by atoms with Crippen LogP contribution in [0.4, 0.5) is 5.69 Å².